The van der Waals surface area contributed by atoms with Crippen LogP contribution in [0.15, 0.2) is 4.99 Å². The first-order valence-electron chi connectivity index (χ1n) is 4.67. The van der Waals surface area contributed by atoms with Crippen molar-refractivity contribution < 1.29 is 13.2 Å². The molecule has 0 spiro atoms. The third kappa shape index (κ3) is 9.33. The zero-order valence-electron chi connectivity index (χ0n) is 8.86. The average molecular weight is 226 g/mol. The van der Waals surface area contributed by atoms with Crippen LogP contribution in [0.5, 0.6) is 0 Å². The molecule has 0 amide bonds. The minimum absolute atomic E-state index is 0.188. The summed E-state index contributed by atoms with van der Waals surface area (Å²) in [6.45, 7) is 4.18. The van der Waals surface area contributed by atoms with E-state index in [4.69, 9.17) is 5.84 Å². The van der Waals surface area contributed by atoms with Crippen molar-refractivity contribution in [2.24, 2.45) is 16.8 Å². The van der Waals surface area contributed by atoms with Gasteiger partial charge in [-0.05, 0) is 5.92 Å². The lowest BCUT2D eigenvalue weighted by Crippen LogP contribution is -2.43. The molecule has 0 aliphatic carbocycles. The van der Waals surface area contributed by atoms with Crippen molar-refractivity contribution in [3.05, 3.63) is 0 Å². The molecule has 0 saturated carbocycles. The summed E-state index contributed by atoms with van der Waals surface area (Å²) < 4.78 is 35.4. The maximum Gasteiger partial charge on any atom is 0.390 e. The number of hydrogen-bond donors (Lipinski definition) is 3. The van der Waals surface area contributed by atoms with Crippen molar-refractivity contribution in [2.45, 2.75) is 26.4 Å². The molecule has 0 aromatic carbocycles. The van der Waals surface area contributed by atoms with E-state index in [1.165, 1.54) is 0 Å². The van der Waals surface area contributed by atoms with E-state index in [9.17, 15) is 13.2 Å². The van der Waals surface area contributed by atoms with Gasteiger partial charge in [-0.25, -0.2) is 5.84 Å². The predicted octanol–water partition coefficient (Wildman–Crippen LogP) is 1.00. The first-order chi connectivity index (χ1) is 6.85. The molecule has 0 aromatic heterocycles. The Hall–Kier alpha value is -0.980. The van der Waals surface area contributed by atoms with Crippen molar-refractivity contribution >= 4 is 5.96 Å². The van der Waals surface area contributed by atoms with Crippen molar-refractivity contribution in [3.63, 3.8) is 0 Å². The zero-order valence-corrected chi connectivity index (χ0v) is 8.86. The highest BCUT2D eigenvalue weighted by Crippen LogP contribution is 2.17. The average Bonchev–Trinajstić information content (AvgIpc) is 2.08. The van der Waals surface area contributed by atoms with Gasteiger partial charge in [-0.15, -0.1) is 0 Å². The Morgan fingerprint density at radius 1 is 1.40 bits per heavy atom. The number of nitrogens with one attached hydrogen (secondary N) is 2. The number of hydrogen-bond acceptors (Lipinski definition) is 2. The van der Waals surface area contributed by atoms with Crippen molar-refractivity contribution in [1.82, 2.24) is 10.7 Å². The summed E-state index contributed by atoms with van der Waals surface area (Å²) in [6.07, 6.45) is -5.07. The number of guanidine groups is 1. The normalized spacial score (nSPS) is 13.1. The van der Waals surface area contributed by atoms with E-state index in [1.54, 1.807) is 0 Å². The molecule has 15 heavy (non-hydrogen) atoms. The summed E-state index contributed by atoms with van der Waals surface area (Å²) in [5, 5.41) is 2.48. The summed E-state index contributed by atoms with van der Waals surface area (Å²) in [4.78, 5) is 3.96. The van der Waals surface area contributed by atoms with Crippen LogP contribution >= 0.6 is 0 Å². The largest absolute Gasteiger partial charge is 0.390 e. The lowest BCUT2D eigenvalue weighted by atomic mass is 10.2. The third-order valence-corrected chi connectivity index (χ3v) is 1.45. The molecule has 0 aliphatic heterocycles. The first-order valence-corrected chi connectivity index (χ1v) is 4.67. The monoisotopic (exact) mass is 226 g/mol. The van der Waals surface area contributed by atoms with E-state index in [-0.39, 0.29) is 12.5 Å². The van der Waals surface area contributed by atoms with Gasteiger partial charge in [0.1, 0.15) is 0 Å². The Morgan fingerprint density at radius 2 is 2.00 bits per heavy atom. The summed E-state index contributed by atoms with van der Waals surface area (Å²) in [5.41, 5.74) is 2.22. The highest BCUT2D eigenvalue weighted by Gasteiger charge is 2.26. The second kappa shape index (κ2) is 6.49. The molecule has 0 atom stereocenters. The van der Waals surface area contributed by atoms with E-state index in [0.29, 0.717) is 12.5 Å². The molecule has 0 unspecified atom stereocenters. The molecule has 4 nitrogen and oxygen atoms in total. The third-order valence-electron chi connectivity index (χ3n) is 1.45. The highest BCUT2D eigenvalue weighted by molar-refractivity contribution is 5.79. The Labute approximate surface area is 87.1 Å². The number of nitrogens with zero attached hydrogens (tertiary/aromatic N) is 1. The standard InChI is InChI=1S/C8H17F3N4/c1-6(2)5-14-7(15-12)13-4-3-8(9,10)11/h6H,3-5,12H2,1-2H3,(H2,13,14,15). The van der Waals surface area contributed by atoms with Crippen molar-refractivity contribution in [1.29, 1.82) is 0 Å². The smallest absolute Gasteiger partial charge is 0.355 e. The maximum atomic E-state index is 11.8. The van der Waals surface area contributed by atoms with Crippen LogP contribution in [0, 0.1) is 5.92 Å². The molecule has 0 radical (unpaired) electrons. The first kappa shape index (κ1) is 14.0. The lowest BCUT2D eigenvalue weighted by molar-refractivity contribution is -0.132. The molecule has 90 valence electrons. The van der Waals surface area contributed by atoms with Crippen LogP contribution in [0.2, 0.25) is 0 Å². The molecule has 7 heteroatoms. The molecule has 0 fully saturated rings. The SMILES string of the molecule is CC(C)CN=C(NN)NCCC(F)(F)F. The summed E-state index contributed by atoms with van der Waals surface area (Å²) in [5.74, 6) is 5.60. The van der Waals surface area contributed by atoms with Crippen molar-refractivity contribution in [3.8, 4) is 0 Å². The number of nitrogens with two attached hydrogens (primary N) is 1. The highest BCUT2D eigenvalue weighted by atomic mass is 19.4. The fourth-order valence-corrected chi connectivity index (χ4v) is 0.749. The van der Waals surface area contributed by atoms with Gasteiger partial charge in [-0.3, -0.25) is 10.4 Å². The second-order valence-corrected chi connectivity index (χ2v) is 3.52. The zero-order chi connectivity index (χ0) is 11.9. The molecule has 0 aliphatic rings. The van der Waals surface area contributed by atoms with Crippen LogP contribution in [0.1, 0.15) is 20.3 Å². The molecular weight excluding hydrogens is 209 g/mol. The summed E-state index contributed by atoms with van der Waals surface area (Å²) in [6, 6.07) is 0. The predicted molar refractivity (Wildman–Crippen MR) is 53.1 cm³/mol. The molecule has 0 bridgehead atoms. The van der Waals surface area contributed by atoms with Crippen LogP contribution in [0.4, 0.5) is 13.2 Å². The molecule has 0 aromatic rings. The molecule has 0 rings (SSSR count). The van der Waals surface area contributed by atoms with Crippen LogP contribution in [0.25, 0.3) is 0 Å². The van der Waals surface area contributed by atoms with E-state index >= 15 is 0 Å². The van der Waals surface area contributed by atoms with Gasteiger partial charge >= 0.3 is 6.18 Å². The Kier molecular flexibility index (Phi) is 6.07. The molecule has 4 N–H and O–H groups in total. The van der Waals surface area contributed by atoms with Gasteiger partial charge < -0.3 is 5.32 Å². The second-order valence-electron chi connectivity index (χ2n) is 3.52. The van der Waals surface area contributed by atoms with Crippen LogP contribution in [-0.4, -0.2) is 25.2 Å². The van der Waals surface area contributed by atoms with Gasteiger partial charge in [0.2, 0.25) is 5.96 Å². The van der Waals surface area contributed by atoms with E-state index in [1.807, 2.05) is 13.8 Å². The van der Waals surface area contributed by atoms with Gasteiger partial charge in [-0.2, -0.15) is 13.2 Å². The molecule has 0 saturated heterocycles. The Morgan fingerprint density at radius 3 is 2.40 bits per heavy atom. The van der Waals surface area contributed by atoms with Crippen LogP contribution in [0.3, 0.4) is 0 Å². The lowest BCUT2D eigenvalue weighted by Gasteiger charge is -2.11. The minimum Gasteiger partial charge on any atom is -0.355 e. The van der Waals surface area contributed by atoms with Crippen LogP contribution in [-0.2, 0) is 0 Å². The van der Waals surface area contributed by atoms with E-state index in [0.717, 1.165) is 0 Å². The van der Waals surface area contributed by atoms with Gasteiger partial charge in [-0.1, -0.05) is 13.8 Å². The Balaban J connectivity index is 3.85. The van der Waals surface area contributed by atoms with Gasteiger partial charge in [0, 0.05) is 13.1 Å². The van der Waals surface area contributed by atoms with Gasteiger partial charge in [0.05, 0.1) is 6.42 Å². The number of alkyl halides is 3. The minimum atomic E-state index is -4.16. The number of rotatable bonds is 4. The molecular formula is C8H17F3N4. The number of hydrazine groups is 1. The van der Waals surface area contributed by atoms with E-state index < -0.39 is 12.6 Å². The van der Waals surface area contributed by atoms with Gasteiger partial charge in [0.15, 0.2) is 0 Å². The summed E-state index contributed by atoms with van der Waals surface area (Å²) in [7, 11) is 0. The fraction of sp³-hybridized carbons (Fsp3) is 0.875. The topological polar surface area (TPSA) is 62.4 Å². The Bertz CT molecular complexity index is 201. The number of halogens is 3. The summed E-state index contributed by atoms with van der Waals surface area (Å²) >= 11 is 0. The quantitative estimate of drug-likeness (QED) is 0.290. The molecule has 0 heterocycles. The van der Waals surface area contributed by atoms with Gasteiger partial charge in [0.25, 0.3) is 0 Å². The maximum absolute atomic E-state index is 11.8. The number of aliphatic imine (C=N–C) groups is 1. The fourth-order valence-electron chi connectivity index (χ4n) is 0.749. The van der Waals surface area contributed by atoms with Crippen molar-refractivity contribution in [2.75, 3.05) is 13.1 Å². The van der Waals surface area contributed by atoms with Crippen LogP contribution < -0.4 is 16.6 Å². The van der Waals surface area contributed by atoms with E-state index in [2.05, 4.69) is 15.7 Å².